The summed E-state index contributed by atoms with van der Waals surface area (Å²) < 4.78 is 0. The number of hydrogen-bond donors (Lipinski definition) is 0. The van der Waals surface area contributed by atoms with Crippen LogP contribution in [0.3, 0.4) is 0 Å². The van der Waals surface area contributed by atoms with Crippen molar-refractivity contribution in [3.63, 3.8) is 0 Å². The molecular formula is C12H15O2-. The first-order valence-corrected chi connectivity index (χ1v) is 5.86. The van der Waals surface area contributed by atoms with Crippen molar-refractivity contribution in [3.8, 4) is 0 Å². The van der Waals surface area contributed by atoms with Gasteiger partial charge in [0, 0.05) is 11.4 Å². The van der Waals surface area contributed by atoms with E-state index in [9.17, 15) is 9.90 Å². The third kappa shape index (κ3) is 0.582. The monoisotopic (exact) mass is 191 g/mol. The molecule has 14 heavy (non-hydrogen) atoms. The van der Waals surface area contributed by atoms with Crippen LogP contribution in [0.4, 0.5) is 0 Å². The largest absolute Gasteiger partial charge is 0.550 e. The summed E-state index contributed by atoms with van der Waals surface area (Å²) in [6.45, 7) is 0. The molecule has 0 aromatic carbocycles. The molecule has 76 valence electrons. The Labute approximate surface area is 83.7 Å². The number of aliphatic carboxylic acids is 1. The van der Waals surface area contributed by atoms with E-state index in [1.165, 1.54) is 19.3 Å². The van der Waals surface area contributed by atoms with Gasteiger partial charge in [0.25, 0.3) is 0 Å². The summed E-state index contributed by atoms with van der Waals surface area (Å²) in [5.74, 6) is 1.62. The zero-order chi connectivity index (χ0) is 9.55. The molecule has 0 N–H and O–H groups in total. The smallest absolute Gasteiger partial charge is 0.0476 e. The van der Waals surface area contributed by atoms with E-state index in [1.54, 1.807) is 0 Å². The van der Waals surface area contributed by atoms with Gasteiger partial charge in [-0.15, -0.1) is 0 Å². The van der Waals surface area contributed by atoms with Crippen molar-refractivity contribution in [3.05, 3.63) is 0 Å². The average molecular weight is 191 g/mol. The number of rotatable bonds is 1. The minimum atomic E-state index is -0.739. The van der Waals surface area contributed by atoms with Gasteiger partial charge in [-0.25, -0.2) is 0 Å². The first kappa shape index (κ1) is 7.72. The Bertz CT molecular complexity index is 333. The highest BCUT2D eigenvalue weighted by Gasteiger charge is 2.70. The lowest BCUT2D eigenvalue weighted by Crippen LogP contribution is -2.45. The fraction of sp³-hybridized carbons (Fsp3) is 0.917. The van der Waals surface area contributed by atoms with E-state index in [0.717, 1.165) is 37.0 Å². The van der Waals surface area contributed by atoms with Gasteiger partial charge in [0.15, 0.2) is 0 Å². The van der Waals surface area contributed by atoms with Gasteiger partial charge < -0.3 is 9.90 Å². The lowest BCUT2D eigenvalue weighted by Gasteiger charge is -2.49. The Kier molecular flexibility index (Phi) is 1.04. The van der Waals surface area contributed by atoms with Crippen LogP contribution in [-0.2, 0) is 4.79 Å². The van der Waals surface area contributed by atoms with Crippen LogP contribution in [0, 0.1) is 28.6 Å². The number of hydrogen-bond acceptors (Lipinski definition) is 2. The molecule has 5 atom stereocenters. The summed E-state index contributed by atoms with van der Waals surface area (Å²) in [7, 11) is 0. The van der Waals surface area contributed by atoms with Gasteiger partial charge in [-0.2, -0.15) is 0 Å². The zero-order valence-electron chi connectivity index (χ0n) is 8.29. The van der Waals surface area contributed by atoms with Crippen LogP contribution in [0.25, 0.3) is 0 Å². The molecule has 4 saturated carbocycles. The minimum Gasteiger partial charge on any atom is -0.550 e. The molecule has 0 aromatic rings. The molecule has 0 aliphatic heterocycles. The number of carbonyl (C=O) groups is 1. The summed E-state index contributed by atoms with van der Waals surface area (Å²) in [5.41, 5.74) is 0.0990. The van der Waals surface area contributed by atoms with E-state index in [4.69, 9.17) is 0 Å². The summed E-state index contributed by atoms with van der Waals surface area (Å²) in [4.78, 5) is 11.3. The lowest BCUT2D eigenvalue weighted by molar-refractivity contribution is -0.320. The van der Waals surface area contributed by atoms with E-state index in [0.29, 0.717) is 5.41 Å². The zero-order valence-corrected chi connectivity index (χ0v) is 8.29. The molecule has 2 heteroatoms. The van der Waals surface area contributed by atoms with E-state index in [2.05, 4.69) is 0 Å². The maximum Gasteiger partial charge on any atom is 0.0476 e. The molecule has 0 amide bonds. The van der Waals surface area contributed by atoms with Gasteiger partial charge in [-0.1, -0.05) is 0 Å². The Morgan fingerprint density at radius 2 is 2.00 bits per heavy atom. The quantitative estimate of drug-likeness (QED) is 0.619. The topological polar surface area (TPSA) is 40.1 Å². The summed E-state index contributed by atoms with van der Waals surface area (Å²) in [5, 5.41) is 11.3. The summed E-state index contributed by atoms with van der Waals surface area (Å²) in [6, 6.07) is 0. The minimum absolute atomic E-state index is 0.390. The molecule has 3 bridgehead atoms. The van der Waals surface area contributed by atoms with Crippen LogP contribution in [0.1, 0.15) is 38.5 Å². The van der Waals surface area contributed by atoms with E-state index in [1.807, 2.05) is 0 Å². The molecule has 0 saturated heterocycles. The summed E-state index contributed by atoms with van der Waals surface area (Å²) >= 11 is 0. The standard InChI is InChI=1S/C12H16O2/c13-10(14)11-3-7-1-8-2-9(5-11)12(8,4-7)6-11/h7-9H,1-6H2,(H,13,14)/p-1. The molecular weight excluding hydrogens is 176 g/mol. The Balaban J connectivity index is 1.85. The van der Waals surface area contributed by atoms with Crippen molar-refractivity contribution in [2.75, 3.05) is 0 Å². The highest BCUT2D eigenvalue weighted by atomic mass is 16.4. The molecule has 4 aliphatic carbocycles. The molecule has 4 aliphatic rings. The van der Waals surface area contributed by atoms with Crippen LogP contribution in [0.2, 0.25) is 0 Å². The number of carboxylic acids is 1. The maximum atomic E-state index is 11.3. The number of carboxylic acid groups (broad SMARTS) is 1. The maximum absolute atomic E-state index is 11.3. The molecule has 5 unspecified atom stereocenters. The first-order valence-electron chi connectivity index (χ1n) is 5.86. The van der Waals surface area contributed by atoms with Gasteiger partial charge >= 0.3 is 0 Å². The normalized spacial score (nSPS) is 62.4. The average Bonchev–Trinajstić information content (AvgIpc) is 2.42. The molecule has 2 nitrogen and oxygen atoms in total. The van der Waals surface area contributed by atoms with E-state index >= 15 is 0 Å². The number of fused-ring (bicyclic) bond motifs is 2. The Morgan fingerprint density at radius 3 is 2.79 bits per heavy atom. The predicted octanol–water partition coefficient (Wildman–Crippen LogP) is 0.953. The van der Waals surface area contributed by atoms with Gasteiger partial charge in [-0.05, 0) is 61.7 Å². The SMILES string of the molecule is O=C([O-])C12CC3CC4CC(C1)C4(C3)C2. The fourth-order valence-corrected chi connectivity index (χ4v) is 5.60. The van der Waals surface area contributed by atoms with Crippen molar-refractivity contribution < 1.29 is 9.90 Å². The molecule has 4 rings (SSSR count). The second-order valence-electron chi connectivity index (χ2n) is 6.32. The highest BCUT2D eigenvalue weighted by molar-refractivity contribution is 5.74. The summed E-state index contributed by atoms with van der Waals surface area (Å²) in [6.07, 6.45) is 6.84. The van der Waals surface area contributed by atoms with E-state index < -0.39 is 11.4 Å². The highest BCUT2D eigenvalue weighted by Crippen LogP contribution is 2.78. The van der Waals surface area contributed by atoms with Crippen LogP contribution >= 0.6 is 0 Å². The third-order valence-electron chi connectivity index (χ3n) is 5.90. The van der Waals surface area contributed by atoms with Crippen molar-refractivity contribution in [2.24, 2.45) is 28.6 Å². The van der Waals surface area contributed by atoms with Gasteiger partial charge in [-0.3, -0.25) is 0 Å². The Morgan fingerprint density at radius 1 is 1.14 bits per heavy atom. The van der Waals surface area contributed by atoms with Crippen molar-refractivity contribution in [1.29, 1.82) is 0 Å². The molecule has 0 radical (unpaired) electrons. The lowest BCUT2D eigenvalue weighted by atomic mass is 9.55. The Hall–Kier alpha value is -0.530. The molecule has 1 spiro atoms. The van der Waals surface area contributed by atoms with Gasteiger partial charge in [0.1, 0.15) is 0 Å². The second kappa shape index (κ2) is 1.89. The number of carbonyl (C=O) groups excluding carboxylic acids is 1. The van der Waals surface area contributed by atoms with Crippen LogP contribution in [0.5, 0.6) is 0 Å². The van der Waals surface area contributed by atoms with Crippen molar-refractivity contribution in [1.82, 2.24) is 0 Å². The second-order valence-corrected chi connectivity index (χ2v) is 6.32. The van der Waals surface area contributed by atoms with Crippen molar-refractivity contribution in [2.45, 2.75) is 38.5 Å². The van der Waals surface area contributed by atoms with Crippen LogP contribution < -0.4 is 5.11 Å². The predicted molar refractivity (Wildman–Crippen MR) is 48.0 cm³/mol. The molecule has 4 fully saturated rings. The first-order chi connectivity index (χ1) is 6.65. The van der Waals surface area contributed by atoms with Gasteiger partial charge in [0.2, 0.25) is 0 Å². The van der Waals surface area contributed by atoms with Crippen molar-refractivity contribution >= 4 is 5.97 Å². The van der Waals surface area contributed by atoms with E-state index in [-0.39, 0.29) is 0 Å². The van der Waals surface area contributed by atoms with Crippen LogP contribution in [-0.4, -0.2) is 5.97 Å². The third-order valence-corrected chi connectivity index (χ3v) is 5.90. The fourth-order valence-electron chi connectivity index (χ4n) is 5.60. The molecule has 0 aromatic heterocycles. The van der Waals surface area contributed by atoms with Crippen LogP contribution in [0.15, 0.2) is 0 Å². The molecule has 0 heterocycles. The van der Waals surface area contributed by atoms with Gasteiger partial charge in [0.05, 0.1) is 0 Å².